The standard InChI is InChI=1S/C15H15FN2OS/c16-13-4-2-1-3-12(13)15(19)18(11-5-6-11)9-7-14-17-8-10-20-14/h1-4,8,10-11H,5-7,9H2. The van der Waals surface area contributed by atoms with Gasteiger partial charge in [-0.25, -0.2) is 9.37 Å². The van der Waals surface area contributed by atoms with Crippen LogP contribution >= 0.6 is 11.3 Å². The summed E-state index contributed by atoms with van der Waals surface area (Å²) in [6, 6.07) is 6.45. The smallest absolute Gasteiger partial charge is 0.257 e. The van der Waals surface area contributed by atoms with Gasteiger partial charge in [0.15, 0.2) is 0 Å². The predicted molar refractivity (Wildman–Crippen MR) is 76.3 cm³/mol. The monoisotopic (exact) mass is 290 g/mol. The molecule has 1 aliphatic rings. The molecule has 20 heavy (non-hydrogen) atoms. The van der Waals surface area contributed by atoms with Crippen molar-refractivity contribution in [3.05, 3.63) is 52.2 Å². The fraction of sp³-hybridized carbons (Fsp3) is 0.333. The van der Waals surface area contributed by atoms with Crippen molar-refractivity contribution in [2.24, 2.45) is 0 Å². The van der Waals surface area contributed by atoms with Gasteiger partial charge < -0.3 is 4.90 Å². The Morgan fingerprint density at radius 3 is 2.85 bits per heavy atom. The summed E-state index contributed by atoms with van der Waals surface area (Å²) in [4.78, 5) is 18.5. The molecular weight excluding hydrogens is 275 g/mol. The molecule has 0 spiro atoms. The van der Waals surface area contributed by atoms with Crippen LogP contribution in [0, 0.1) is 5.82 Å². The molecule has 0 radical (unpaired) electrons. The van der Waals surface area contributed by atoms with Gasteiger partial charge in [0.05, 0.1) is 10.6 Å². The lowest BCUT2D eigenvalue weighted by Crippen LogP contribution is -2.35. The van der Waals surface area contributed by atoms with E-state index in [1.54, 1.807) is 40.6 Å². The van der Waals surface area contributed by atoms with E-state index in [9.17, 15) is 9.18 Å². The molecule has 5 heteroatoms. The second kappa shape index (κ2) is 5.71. The molecular formula is C15H15FN2OS. The third kappa shape index (κ3) is 2.88. The van der Waals surface area contributed by atoms with Crippen molar-refractivity contribution in [1.82, 2.24) is 9.88 Å². The molecule has 1 aromatic heterocycles. The van der Waals surface area contributed by atoms with Crippen LogP contribution in [-0.4, -0.2) is 28.4 Å². The van der Waals surface area contributed by atoms with Crippen molar-refractivity contribution in [3.63, 3.8) is 0 Å². The minimum atomic E-state index is -0.447. The molecule has 0 saturated heterocycles. The fourth-order valence-corrected chi connectivity index (χ4v) is 2.83. The lowest BCUT2D eigenvalue weighted by Gasteiger charge is -2.22. The molecule has 1 aromatic carbocycles. The van der Waals surface area contributed by atoms with E-state index in [1.165, 1.54) is 6.07 Å². The first-order valence-corrected chi connectivity index (χ1v) is 7.57. The summed E-state index contributed by atoms with van der Waals surface area (Å²) < 4.78 is 13.7. The second-order valence-electron chi connectivity index (χ2n) is 4.89. The summed E-state index contributed by atoms with van der Waals surface area (Å²) in [5.41, 5.74) is 0.165. The molecule has 1 amide bonds. The second-order valence-corrected chi connectivity index (χ2v) is 5.86. The van der Waals surface area contributed by atoms with E-state index in [4.69, 9.17) is 0 Å². The third-order valence-electron chi connectivity index (χ3n) is 3.40. The molecule has 3 nitrogen and oxygen atoms in total. The quantitative estimate of drug-likeness (QED) is 0.847. The molecule has 0 N–H and O–H groups in total. The molecule has 0 atom stereocenters. The van der Waals surface area contributed by atoms with Gasteiger partial charge in [-0.1, -0.05) is 12.1 Å². The molecule has 3 rings (SSSR count). The maximum atomic E-state index is 13.7. The summed E-state index contributed by atoms with van der Waals surface area (Å²) >= 11 is 1.58. The molecule has 1 heterocycles. The van der Waals surface area contributed by atoms with Gasteiger partial charge in [-0.05, 0) is 25.0 Å². The highest BCUT2D eigenvalue weighted by Crippen LogP contribution is 2.29. The van der Waals surface area contributed by atoms with Crippen LogP contribution in [-0.2, 0) is 6.42 Å². The van der Waals surface area contributed by atoms with E-state index >= 15 is 0 Å². The van der Waals surface area contributed by atoms with E-state index < -0.39 is 5.82 Å². The first-order chi connectivity index (χ1) is 9.75. The Balaban J connectivity index is 1.73. The van der Waals surface area contributed by atoms with Gasteiger partial charge in [-0.2, -0.15) is 0 Å². The minimum absolute atomic E-state index is 0.165. The van der Waals surface area contributed by atoms with E-state index in [2.05, 4.69) is 4.98 Å². The van der Waals surface area contributed by atoms with E-state index in [1.807, 2.05) is 5.38 Å². The number of aromatic nitrogens is 1. The third-order valence-corrected chi connectivity index (χ3v) is 4.24. The van der Waals surface area contributed by atoms with Crippen LogP contribution in [0.3, 0.4) is 0 Å². The number of nitrogens with zero attached hydrogens (tertiary/aromatic N) is 2. The lowest BCUT2D eigenvalue weighted by molar-refractivity contribution is 0.0740. The highest BCUT2D eigenvalue weighted by Gasteiger charge is 2.33. The van der Waals surface area contributed by atoms with Crippen molar-refractivity contribution >= 4 is 17.2 Å². The van der Waals surface area contributed by atoms with Gasteiger partial charge in [0, 0.05) is 30.6 Å². The first kappa shape index (κ1) is 13.2. The van der Waals surface area contributed by atoms with Crippen LogP contribution in [0.15, 0.2) is 35.8 Å². The van der Waals surface area contributed by atoms with Crippen LogP contribution in [0.4, 0.5) is 4.39 Å². The summed E-state index contributed by atoms with van der Waals surface area (Å²) in [6.07, 6.45) is 4.52. The van der Waals surface area contributed by atoms with Gasteiger partial charge in [0.2, 0.25) is 0 Å². The van der Waals surface area contributed by atoms with E-state index in [0.717, 1.165) is 24.3 Å². The van der Waals surface area contributed by atoms with Gasteiger partial charge in [0.25, 0.3) is 5.91 Å². The average molecular weight is 290 g/mol. The zero-order chi connectivity index (χ0) is 13.9. The maximum absolute atomic E-state index is 13.7. The molecule has 1 fully saturated rings. The number of halogens is 1. The Kier molecular flexibility index (Phi) is 3.78. The number of thiazole rings is 1. The van der Waals surface area contributed by atoms with Crippen LogP contribution in [0.5, 0.6) is 0 Å². The van der Waals surface area contributed by atoms with Crippen molar-refractivity contribution in [2.75, 3.05) is 6.54 Å². The van der Waals surface area contributed by atoms with Crippen molar-refractivity contribution in [3.8, 4) is 0 Å². The highest BCUT2D eigenvalue weighted by atomic mass is 32.1. The van der Waals surface area contributed by atoms with E-state index in [-0.39, 0.29) is 17.5 Å². The van der Waals surface area contributed by atoms with Crippen molar-refractivity contribution in [2.45, 2.75) is 25.3 Å². The SMILES string of the molecule is O=C(c1ccccc1F)N(CCc1nccs1)C1CC1. The van der Waals surface area contributed by atoms with Crippen LogP contribution in [0.2, 0.25) is 0 Å². The fourth-order valence-electron chi connectivity index (χ4n) is 2.22. The number of carbonyl (C=O) groups is 1. The Labute approximate surface area is 121 Å². The highest BCUT2D eigenvalue weighted by molar-refractivity contribution is 7.09. The molecule has 0 bridgehead atoms. The summed E-state index contributed by atoms with van der Waals surface area (Å²) in [5, 5.41) is 2.94. The van der Waals surface area contributed by atoms with Crippen LogP contribution in [0.25, 0.3) is 0 Å². The molecule has 0 aliphatic heterocycles. The number of amides is 1. The van der Waals surface area contributed by atoms with Crippen LogP contribution in [0.1, 0.15) is 28.2 Å². The minimum Gasteiger partial charge on any atom is -0.335 e. The Morgan fingerprint density at radius 2 is 2.20 bits per heavy atom. The average Bonchev–Trinajstić information content (AvgIpc) is 3.15. The molecule has 2 aromatic rings. The van der Waals surface area contributed by atoms with Crippen LogP contribution < -0.4 is 0 Å². The first-order valence-electron chi connectivity index (χ1n) is 6.69. The molecule has 1 saturated carbocycles. The predicted octanol–water partition coefficient (Wildman–Crippen LogP) is 3.13. The molecule has 0 unspecified atom stereocenters. The molecule has 104 valence electrons. The zero-order valence-electron chi connectivity index (χ0n) is 11.0. The number of hydrogen-bond donors (Lipinski definition) is 0. The number of benzene rings is 1. The van der Waals surface area contributed by atoms with Gasteiger partial charge in [-0.15, -0.1) is 11.3 Å². The summed E-state index contributed by atoms with van der Waals surface area (Å²) in [5.74, 6) is -0.653. The van der Waals surface area contributed by atoms with Gasteiger partial charge in [-0.3, -0.25) is 4.79 Å². The Bertz CT molecular complexity index is 596. The normalized spacial score (nSPS) is 14.2. The van der Waals surface area contributed by atoms with Gasteiger partial charge in [0.1, 0.15) is 5.82 Å². The van der Waals surface area contributed by atoms with Crippen molar-refractivity contribution < 1.29 is 9.18 Å². The number of carbonyl (C=O) groups excluding carboxylic acids is 1. The number of rotatable bonds is 5. The Hall–Kier alpha value is -1.75. The Morgan fingerprint density at radius 1 is 1.40 bits per heavy atom. The molecule has 1 aliphatic carbocycles. The van der Waals surface area contributed by atoms with E-state index in [0.29, 0.717) is 6.54 Å². The zero-order valence-corrected chi connectivity index (χ0v) is 11.8. The number of hydrogen-bond acceptors (Lipinski definition) is 3. The summed E-state index contributed by atoms with van der Waals surface area (Å²) in [6.45, 7) is 0.603. The topological polar surface area (TPSA) is 33.2 Å². The summed E-state index contributed by atoms with van der Waals surface area (Å²) in [7, 11) is 0. The maximum Gasteiger partial charge on any atom is 0.257 e. The largest absolute Gasteiger partial charge is 0.335 e. The lowest BCUT2D eigenvalue weighted by atomic mass is 10.1. The van der Waals surface area contributed by atoms with Crippen molar-refractivity contribution in [1.29, 1.82) is 0 Å². The van der Waals surface area contributed by atoms with Gasteiger partial charge >= 0.3 is 0 Å².